The third-order valence-corrected chi connectivity index (χ3v) is 5.11. The Bertz CT molecular complexity index is 321. The van der Waals surface area contributed by atoms with Crippen LogP contribution in [0.4, 0.5) is 0 Å². The lowest BCUT2D eigenvalue weighted by Crippen LogP contribution is -2.37. The van der Waals surface area contributed by atoms with Crippen molar-refractivity contribution in [3.8, 4) is 0 Å². The minimum absolute atomic E-state index is 0.464. The van der Waals surface area contributed by atoms with Crippen molar-refractivity contribution in [2.24, 2.45) is 11.1 Å². The maximum atomic E-state index is 5.72. The molecule has 1 saturated carbocycles. The third-order valence-electron chi connectivity index (χ3n) is 4.97. The minimum Gasteiger partial charge on any atom is -0.393 e. The van der Waals surface area contributed by atoms with Crippen molar-refractivity contribution in [3.05, 3.63) is 0 Å². The number of nitrogens with zero attached hydrogens (tertiary/aromatic N) is 2. The van der Waals surface area contributed by atoms with Crippen LogP contribution in [0.25, 0.3) is 0 Å². The van der Waals surface area contributed by atoms with Gasteiger partial charge in [0.1, 0.15) is 0 Å². The van der Waals surface area contributed by atoms with Crippen LogP contribution in [0.2, 0.25) is 0 Å². The SMILES string of the molecule is NC(=S)CC1(CN2CCC(N3CCCC3)C2)CC1. The Morgan fingerprint density at radius 3 is 2.56 bits per heavy atom. The number of nitrogens with two attached hydrogens (primary N) is 1. The zero-order valence-corrected chi connectivity index (χ0v) is 12.1. The zero-order valence-electron chi connectivity index (χ0n) is 11.2. The maximum Gasteiger partial charge on any atom is 0.0733 e. The molecule has 3 rings (SSSR count). The van der Waals surface area contributed by atoms with Crippen molar-refractivity contribution in [2.75, 3.05) is 32.7 Å². The Labute approximate surface area is 116 Å². The van der Waals surface area contributed by atoms with Crippen LogP contribution in [0.1, 0.15) is 38.5 Å². The Kier molecular flexibility index (Phi) is 3.61. The van der Waals surface area contributed by atoms with Crippen LogP contribution in [0.3, 0.4) is 0 Å². The second-order valence-corrected chi connectivity index (χ2v) is 7.09. The molecule has 4 heteroatoms. The van der Waals surface area contributed by atoms with Crippen LogP contribution in [0, 0.1) is 5.41 Å². The standard InChI is InChI=1S/C14H25N3S/c15-13(18)9-14(4-5-14)11-16-8-3-12(10-16)17-6-1-2-7-17/h12H,1-11H2,(H2,15,18). The first-order valence-corrected chi connectivity index (χ1v) is 7.82. The van der Waals surface area contributed by atoms with E-state index in [4.69, 9.17) is 18.0 Å². The van der Waals surface area contributed by atoms with Gasteiger partial charge in [0.15, 0.2) is 0 Å². The molecule has 18 heavy (non-hydrogen) atoms. The number of rotatable bonds is 5. The first-order valence-electron chi connectivity index (χ1n) is 7.42. The highest BCUT2D eigenvalue weighted by molar-refractivity contribution is 7.80. The summed E-state index contributed by atoms with van der Waals surface area (Å²) in [4.78, 5) is 6.07. The quantitative estimate of drug-likeness (QED) is 0.767. The van der Waals surface area contributed by atoms with Crippen LogP contribution in [-0.4, -0.2) is 53.6 Å². The van der Waals surface area contributed by atoms with Gasteiger partial charge in [0, 0.05) is 25.6 Å². The molecule has 3 nitrogen and oxygen atoms in total. The van der Waals surface area contributed by atoms with Gasteiger partial charge in [-0.15, -0.1) is 0 Å². The van der Waals surface area contributed by atoms with Crippen molar-refractivity contribution in [2.45, 2.75) is 44.6 Å². The summed E-state index contributed by atoms with van der Waals surface area (Å²) in [6.45, 7) is 6.45. The fraction of sp³-hybridized carbons (Fsp3) is 0.929. The summed E-state index contributed by atoms with van der Waals surface area (Å²) in [7, 11) is 0. The summed E-state index contributed by atoms with van der Waals surface area (Å²) in [5, 5.41) is 0. The molecule has 1 unspecified atom stereocenters. The zero-order chi connectivity index (χ0) is 12.6. The molecule has 0 amide bonds. The molecule has 2 heterocycles. The van der Waals surface area contributed by atoms with Gasteiger partial charge in [-0.3, -0.25) is 4.90 Å². The molecule has 0 aromatic heterocycles. The van der Waals surface area contributed by atoms with Gasteiger partial charge in [-0.25, -0.2) is 0 Å². The van der Waals surface area contributed by atoms with Gasteiger partial charge in [0.05, 0.1) is 4.99 Å². The molecule has 0 radical (unpaired) electrons. The molecule has 2 N–H and O–H groups in total. The molecule has 3 aliphatic rings. The molecule has 0 bridgehead atoms. The molecule has 0 aromatic carbocycles. The Balaban J connectivity index is 1.49. The second kappa shape index (κ2) is 5.06. The van der Waals surface area contributed by atoms with Crippen LogP contribution >= 0.6 is 12.2 Å². The van der Waals surface area contributed by atoms with E-state index in [1.54, 1.807) is 0 Å². The molecular formula is C14H25N3S. The van der Waals surface area contributed by atoms with E-state index < -0.39 is 0 Å². The van der Waals surface area contributed by atoms with Crippen LogP contribution in [0.5, 0.6) is 0 Å². The van der Waals surface area contributed by atoms with E-state index in [-0.39, 0.29) is 0 Å². The summed E-state index contributed by atoms with van der Waals surface area (Å²) in [6.07, 6.45) is 7.80. The van der Waals surface area contributed by atoms with E-state index in [1.807, 2.05) is 0 Å². The Morgan fingerprint density at radius 1 is 1.22 bits per heavy atom. The number of thiocarbonyl (C=S) groups is 1. The summed E-state index contributed by atoms with van der Waals surface area (Å²) in [6, 6.07) is 0.827. The van der Waals surface area contributed by atoms with E-state index in [1.165, 1.54) is 64.8 Å². The number of likely N-dealkylation sites (tertiary alicyclic amines) is 2. The predicted molar refractivity (Wildman–Crippen MR) is 78.7 cm³/mol. The molecule has 2 saturated heterocycles. The second-order valence-electron chi connectivity index (χ2n) is 6.56. The van der Waals surface area contributed by atoms with Gasteiger partial charge in [-0.05, 0) is 57.2 Å². The van der Waals surface area contributed by atoms with E-state index in [0.717, 1.165) is 12.5 Å². The van der Waals surface area contributed by atoms with Crippen LogP contribution in [0.15, 0.2) is 0 Å². The first-order chi connectivity index (χ1) is 8.67. The highest BCUT2D eigenvalue weighted by Gasteiger charge is 2.45. The fourth-order valence-electron chi connectivity index (χ4n) is 3.77. The van der Waals surface area contributed by atoms with E-state index in [9.17, 15) is 0 Å². The summed E-state index contributed by atoms with van der Waals surface area (Å²) >= 11 is 5.09. The molecule has 3 fully saturated rings. The lowest BCUT2D eigenvalue weighted by molar-refractivity contribution is 0.214. The normalized spacial score (nSPS) is 31.9. The lowest BCUT2D eigenvalue weighted by atomic mass is 10.0. The number of hydrogen-bond acceptors (Lipinski definition) is 3. The summed E-state index contributed by atoms with van der Waals surface area (Å²) < 4.78 is 0. The van der Waals surface area contributed by atoms with Gasteiger partial charge >= 0.3 is 0 Å². The Morgan fingerprint density at radius 2 is 1.94 bits per heavy atom. The fourth-order valence-corrected chi connectivity index (χ4v) is 4.08. The van der Waals surface area contributed by atoms with Crippen molar-refractivity contribution < 1.29 is 0 Å². The molecular weight excluding hydrogens is 242 g/mol. The summed E-state index contributed by atoms with van der Waals surface area (Å²) in [5.74, 6) is 0. The molecule has 0 aromatic rings. The van der Waals surface area contributed by atoms with Gasteiger partial charge in [-0.1, -0.05) is 12.2 Å². The van der Waals surface area contributed by atoms with Gasteiger partial charge in [-0.2, -0.15) is 0 Å². The van der Waals surface area contributed by atoms with E-state index in [0.29, 0.717) is 10.4 Å². The van der Waals surface area contributed by atoms with E-state index in [2.05, 4.69) is 9.80 Å². The van der Waals surface area contributed by atoms with Gasteiger partial charge < -0.3 is 10.6 Å². The maximum absolute atomic E-state index is 5.72. The first kappa shape index (κ1) is 12.8. The van der Waals surface area contributed by atoms with Crippen molar-refractivity contribution in [3.63, 3.8) is 0 Å². The van der Waals surface area contributed by atoms with Crippen molar-refractivity contribution >= 4 is 17.2 Å². The van der Waals surface area contributed by atoms with E-state index >= 15 is 0 Å². The van der Waals surface area contributed by atoms with Crippen LogP contribution < -0.4 is 5.73 Å². The van der Waals surface area contributed by atoms with Crippen LogP contribution in [-0.2, 0) is 0 Å². The van der Waals surface area contributed by atoms with Gasteiger partial charge in [0.25, 0.3) is 0 Å². The highest BCUT2D eigenvalue weighted by atomic mass is 32.1. The molecule has 1 atom stereocenters. The third kappa shape index (κ3) is 2.86. The topological polar surface area (TPSA) is 32.5 Å². The smallest absolute Gasteiger partial charge is 0.0733 e. The lowest BCUT2D eigenvalue weighted by Gasteiger charge is -2.26. The minimum atomic E-state index is 0.464. The van der Waals surface area contributed by atoms with Crippen molar-refractivity contribution in [1.82, 2.24) is 9.80 Å². The average molecular weight is 267 g/mol. The molecule has 0 spiro atoms. The average Bonchev–Trinajstić information content (AvgIpc) is 2.78. The largest absolute Gasteiger partial charge is 0.393 e. The van der Waals surface area contributed by atoms with Crippen molar-refractivity contribution in [1.29, 1.82) is 0 Å². The monoisotopic (exact) mass is 267 g/mol. The Hall–Kier alpha value is -0.190. The predicted octanol–water partition coefficient (Wildman–Crippen LogP) is 1.61. The molecule has 102 valence electrons. The molecule has 1 aliphatic carbocycles. The number of hydrogen-bond donors (Lipinski definition) is 1. The van der Waals surface area contributed by atoms with Gasteiger partial charge in [0.2, 0.25) is 0 Å². The highest BCUT2D eigenvalue weighted by Crippen LogP contribution is 2.49. The molecule has 2 aliphatic heterocycles. The summed E-state index contributed by atoms with van der Waals surface area (Å²) in [5.41, 5.74) is 6.19.